The summed E-state index contributed by atoms with van der Waals surface area (Å²) in [6.45, 7) is 8.32. The van der Waals surface area contributed by atoms with Gasteiger partial charge in [0, 0.05) is 18.7 Å². The topological polar surface area (TPSA) is 86.8 Å². The summed E-state index contributed by atoms with van der Waals surface area (Å²) in [7, 11) is 0. The minimum absolute atomic E-state index is 0.0376. The summed E-state index contributed by atoms with van der Waals surface area (Å²) >= 11 is 6.01. The molecule has 0 aliphatic carbocycles. The number of esters is 1. The molecule has 1 aromatic heterocycles. The van der Waals surface area contributed by atoms with Crippen LogP contribution in [0, 0.1) is 5.92 Å². The van der Waals surface area contributed by atoms with Gasteiger partial charge in [-0.2, -0.15) is 0 Å². The van der Waals surface area contributed by atoms with E-state index in [2.05, 4.69) is 10.3 Å². The molecule has 26 heavy (non-hydrogen) atoms. The third-order valence-electron chi connectivity index (χ3n) is 3.78. The fraction of sp³-hybridized carbons (Fsp3) is 0.611. The smallest absolute Gasteiger partial charge is 0.408 e. The van der Waals surface area contributed by atoms with Crippen molar-refractivity contribution in [2.75, 3.05) is 19.8 Å². The Kier molecular flexibility index (Phi) is 6.83. The van der Waals surface area contributed by atoms with Crippen LogP contribution in [-0.2, 0) is 14.2 Å². The Bertz CT molecular complexity index is 653. The number of hydrogen-bond acceptors (Lipinski definition) is 6. The molecule has 2 unspecified atom stereocenters. The van der Waals surface area contributed by atoms with Gasteiger partial charge in [-0.1, -0.05) is 11.6 Å². The number of aromatic nitrogens is 1. The number of rotatable bonds is 5. The highest BCUT2D eigenvalue weighted by molar-refractivity contribution is 6.30. The molecule has 144 valence electrons. The van der Waals surface area contributed by atoms with Gasteiger partial charge in [-0.3, -0.25) is 4.98 Å². The average Bonchev–Trinajstić information content (AvgIpc) is 3.05. The maximum Gasteiger partial charge on any atom is 0.408 e. The van der Waals surface area contributed by atoms with Crippen LogP contribution in [0.5, 0.6) is 0 Å². The van der Waals surface area contributed by atoms with E-state index in [-0.39, 0.29) is 18.1 Å². The Hall–Kier alpha value is -1.86. The second-order valence-corrected chi connectivity index (χ2v) is 7.49. The van der Waals surface area contributed by atoms with E-state index in [9.17, 15) is 9.59 Å². The summed E-state index contributed by atoms with van der Waals surface area (Å²) < 4.78 is 15.9. The first-order valence-electron chi connectivity index (χ1n) is 8.61. The van der Waals surface area contributed by atoms with Crippen LogP contribution in [0.15, 0.2) is 12.3 Å². The normalized spacial score (nSPS) is 18.3. The fourth-order valence-electron chi connectivity index (χ4n) is 2.73. The van der Waals surface area contributed by atoms with Crippen LogP contribution >= 0.6 is 11.6 Å². The molecule has 1 amide bonds. The van der Waals surface area contributed by atoms with Crippen molar-refractivity contribution in [3.8, 4) is 0 Å². The molecule has 1 aliphatic heterocycles. The molecule has 0 bridgehead atoms. The van der Waals surface area contributed by atoms with Gasteiger partial charge in [-0.25, -0.2) is 9.59 Å². The van der Waals surface area contributed by atoms with Gasteiger partial charge in [0.05, 0.1) is 35.5 Å². The van der Waals surface area contributed by atoms with Crippen molar-refractivity contribution < 1.29 is 23.8 Å². The van der Waals surface area contributed by atoms with Crippen molar-refractivity contribution in [2.24, 2.45) is 5.92 Å². The SMILES string of the molecule is CCOC(=O)c1cc(Cl)cnc1C(NC(=O)OC(C)(C)C)C1CCOC1. The molecule has 2 rings (SSSR count). The van der Waals surface area contributed by atoms with E-state index in [4.69, 9.17) is 25.8 Å². The summed E-state index contributed by atoms with van der Waals surface area (Å²) in [6, 6.07) is 0.950. The van der Waals surface area contributed by atoms with Gasteiger partial charge < -0.3 is 19.5 Å². The zero-order chi connectivity index (χ0) is 19.3. The minimum Gasteiger partial charge on any atom is -0.462 e. The van der Waals surface area contributed by atoms with Gasteiger partial charge in [0.25, 0.3) is 0 Å². The van der Waals surface area contributed by atoms with Crippen LogP contribution in [0.1, 0.15) is 56.2 Å². The lowest BCUT2D eigenvalue weighted by atomic mass is 9.93. The number of carbonyl (C=O) groups excluding carboxylic acids is 2. The van der Waals surface area contributed by atoms with Crippen LogP contribution in [0.3, 0.4) is 0 Å². The molecule has 1 fully saturated rings. The molecule has 2 heterocycles. The second-order valence-electron chi connectivity index (χ2n) is 7.05. The van der Waals surface area contributed by atoms with Crippen molar-refractivity contribution in [1.29, 1.82) is 0 Å². The summed E-state index contributed by atoms with van der Waals surface area (Å²) in [6.07, 6.45) is 1.59. The molecule has 1 aromatic rings. The average molecular weight is 385 g/mol. The Labute approximate surface area is 158 Å². The molecule has 1 aliphatic rings. The molecule has 0 aromatic carbocycles. The monoisotopic (exact) mass is 384 g/mol. The lowest BCUT2D eigenvalue weighted by molar-refractivity contribution is 0.0464. The Morgan fingerprint density at radius 2 is 2.19 bits per heavy atom. The number of nitrogens with one attached hydrogen (secondary N) is 1. The second kappa shape index (κ2) is 8.68. The quantitative estimate of drug-likeness (QED) is 0.781. The summed E-state index contributed by atoms with van der Waals surface area (Å²) in [5.41, 5.74) is -0.0143. The first-order valence-corrected chi connectivity index (χ1v) is 8.99. The standard InChI is InChI=1S/C18H25ClN2O5/c1-5-25-16(22)13-8-12(19)9-20-15(13)14(11-6-7-24-10-11)21-17(23)26-18(2,3)4/h8-9,11,14H,5-7,10H2,1-4H3,(H,21,23). The van der Waals surface area contributed by atoms with Crippen molar-refractivity contribution in [3.63, 3.8) is 0 Å². The van der Waals surface area contributed by atoms with E-state index in [1.54, 1.807) is 27.7 Å². The third-order valence-corrected chi connectivity index (χ3v) is 3.99. The van der Waals surface area contributed by atoms with E-state index in [1.165, 1.54) is 12.3 Å². The van der Waals surface area contributed by atoms with Gasteiger partial charge >= 0.3 is 12.1 Å². The van der Waals surface area contributed by atoms with Gasteiger partial charge in [0.1, 0.15) is 5.60 Å². The third kappa shape index (κ3) is 5.57. The number of amides is 1. The van der Waals surface area contributed by atoms with Crippen molar-refractivity contribution in [3.05, 3.63) is 28.5 Å². The predicted molar refractivity (Wildman–Crippen MR) is 96.2 cm³/mol. The van der Waals surface area contributed by atoms with Crippen LogP contribution in [0.4, 0.5) is 4.79 Å². The highest BCUT2D eigenvalue weighted by Crippen LogP contribution is 2.31. The molecule has 0 saturated carbocycles. The number of ether oxygens (including phenoxy) is 3. The highest BCUT2D eigenvalue weighted by Gasteiger charge is 2.34. The molecule has 1 saturated heterocycles. The lowest BCUT2D eigenvalue weighted by Crippen LogP contribution is -2.39. The Morgan fingerprint density at radius 1 is 1.46 bits per heavy atom. The van der Waals surface area contributed by atoms with Gasteiger partial charge in [0.15, 0.2) is 0 Å². The highest BCUT2D eigenvalue weighted by atomic mass is 35.5. The largest absolute Gasteiger partial charge is 0.462 e. The number of alkyl carbamates (subject to hydrolysis) is 1. The number of halogens is 1. The number of pyridine rings is 1. The van der Waals surface area contributed by atoms with Gasteiger partial charge in [-0.05, 0) is 40.2 Å². The Morgan fingerprint density at radius 3 is 2.77 bits per heavy atom. The maximum absolute atomic E-state index is 12.4. The maximum atomic E-state index is 12.4. The first kappa shape index (κ1) is 20.5. The molecule has 7 nitrogen and oxygen atoms in total. The van der Waals surface area contributed by atoms with Crippen molar-refractivity contribution >= 4 is 23.7 Å². The first-order chi connectivity index (χ1) is 12.2. The van der Waals surface area contributed by atoms with Crippen LogP contribution in [0.2, 0.25) is 5.02 Å². The summed E-state index contributed by atoms with van der Waals surface area (Å²) in [5.74, 6) is -0.572. The molecule has 8 heteroatoms. The fourth-order valence-corrected chi connectivity index (χ4v) is 2.89. The molecular weight excluding hydrogens is 360 g/mol. The van der Waals surface area contributed by atoms with Crippen molar-refractivity contribution in [1.82, 2.24) is 10.3 Å². The molecule has 0 radical (unpaired) electrons. The van der Waals surface area contributed by atoms with Crippen LogP contribution < -0.4 is 5.32 Å². The van der Waals surface area contributed by atoms with Gasteiger partial charge in [0.2, 0.25) is 0 Å². The summed E-state index contributed by atoms with van der Waals surface area (Å²) in [5, 5.41) is 3.15. The number of nitrogens with zero attached hydrogens (tertiary/aromatic N) is 1. The van der Waals surface area contributed by atoms with E-state index < -0.39 is 23.7 Å². The lowest BCUT2D eigenvalue weighted by Gasteiger charge is -2.27. The van der Waals surface area contributed by atoms with Crippen molar-refractivity contribution in [2.45, 2.75) is 45.8 Å². The predicted octanol–water partition coefficient (Wildman–Crippen LogP) is 3.51. The number of carbonyl (C=O) groups is 2. The van der Waals surface area contributed by atoms with E-state index in [1.807, 2.05) is 0 Å². The number of hydrogen-bond donors (Lipinski definition) is 1. The molecule has 0 spiro atoms. The van der Waals surface area contributed by atoms with E-state index >= 15 is 0 Å². The van der Waals surface area contributed by atoms with E-state index in [0.717, 1.165) is 6.42 Å². The minimum atomic E-state index is -0.641. The van der Waals surface area contributed by atoms with E-state index in [0.29, 0.717) is 23.9 Å². The molecular formula is C18H25ClN2O5. The summed E-state index contributed by atoms with van der Waals surface area (Å²) in [4.78, 5) is 29.0. The zero-order valence-corrected chi connectivity index (χ0v) is 16.3. The molecule has 2 atom stereocenters. The van der Waals surface area contributed by atoms with Crippen LogP contribution in [0.25, 0.3) is 0 Å². The molecule has 1 N–H and O–H groups in total. The Balaban J connectivity index is 2.36. The van der Waals surface area contributed by atoms with Gasteiger partial charge in [-0.15, -0.1) is 0 Å². The zero-order valence-electron chi connectivity index (χ0n) is 15.5. The van der Waals surface area contributed by atoms with Crippen LogP contribution in [-0.4, -0.2) is 42.5 Å².